The first-order valence-electron chi connectivity index (χ1n) is 13.1. The second-order valence-corrected chi connectivity index (χ2v) is 10.9. The molecule has 1 aromatic carbocycles. The van der Waals surface area contributed by atoms with Crippen LogP contribution in [-0.2, 0) is 22.2 Å². The molecule has 0 unspecified atom stereocenters. The summed E-state index contributed by atoms with van der Waals surface area (Å²) in [6, 6.07) is 13.7. The quantitative estimate of drug-likeness (QED) is 0.500. The zero-order valence-corrected chi connectivity index (χ0v) is 22.7. The maximum atomic E-state index is 13.8. The molecule has 5 rings (SSSR count). The number of pyridine rings is 1. The maximum Gasteiger partial charge on any atom is 0.277 e. The molecule has 2 aliphatic heterocycles. The van der Waals surface area contributed by atoms with E-state index in [1.165, 1.54) is 6.07 Å². The van der Waals surface area contributed by atoms with Crippen LogP contribution in [0.2, 0.25) is 0 Å². The minimum absolute atomic E-state index is 0.0729. The minimum atomic E-state index is -1.14. The number of aliphatic hydroxyl groups excluding tert-OH is 1. The molecule has 2 aromatic heterocycles. The monoisotopic (exact) mass is 531 g/mol. The molecular weight excluding hydrogens is 498 g/mol. The van der Waals surface area contributed by atoms with Crippen molar-refractivity contribution in [2.75, 3.05) is 6.54 Å². The molecule has 10 heteroatoms. The molecule has 10 nitrogen and oxygen atoms in total. The van der Waals surface area contributed by atoms with Crippen molar-refractivity contribution < 1.29 is 19.2 Å². The van der Waals surface area contributed by atoms with Gasteiger partial charge in [0.1, 0.15) is 23.1 Å². The third-order valence-corrected chi connectivity index (χ3v) is 7.73. The van der Waals surface area contributed by atoms with Gasteiger partial charge in [-0.25, -0.2) is 0 Å². The highest BCUT2D eigenvalue weighted by molar-refractivity contribution is 6.09. The van der Waals surface area contributed by atoms with Crippen LogP contribution in [-0.4, -0.2) is 56.1 Å². The molecule has 0 bridgehead atoms. The lowest BCUT2D eigenvalue weighted by molar-refractivity contribution is -0.134. The van der Waals surface area contributed by atoms with Crippen LogP contribution >= 0.6 is 0 Å². The number of amidine groups is 1. The van der Waals surface area contributed by atoms with Crippen LogP contribution in [0.5, 0.6) is 0 Å². The van der Waals surface area contributed by atoms with Gasteiger partial charge in [0.15, 0.2) is 0 Å². The number of likely N-dealkylation sites (tertiary alicyclic amines) is 1. The predicted molar refractivity (Wildman–Crippen MR) is 145 cm³/mol. The standard InChI is InChI=1S/C29H33N5O5/c1-16(2)25(23-13-17(3)32-39-23)27(37)34-15-20(35)14-22(34)26-30-28(38)29(4,31-26)19-11-9-18(10-12-19)21-7-6-8-24(36)33(21)5/h6-13,16,20,22,25,35H,14-15H2,1-5H3,(H,30,31,38)/t20-,22-,25-,29+/m1/s1. The molecule has 2 amide bonds. The number of carbonyl (C=O) groups is 2. The predicted octanol–water partition coefficient (Wildman–Crippen LogP) is 2.49. The van der Waals surface area contributed by atoms with Crippen molar-refractivity contribution in [2.45, 2.75) is 57.7 Å². The van der Waals surface area contributed by atoms with Crippen molar-refractivity contribution >= 4 is 17.6 Å². The summed E-state index contributed by atoms with van der Waals surface area (Å²) in [6.45, 7) is 7.56. The Morgan fingerprint density at radius 3 is 2.54 bits per heavy atom. The second-order valence-electron chi connectivity index (χ2n) is 10.9. The van der Waals surface area contributed by atoms with Gasteiger partial charge in [0.2, 0.25) is 5.91 Å². The summed E-state index contributed by atoms with van der Waals surface area (Å²) in [5, 5.41) is 17.8. The molecular formula is C29H33N5O5. The molecule has 2 N–H and O–H groups in total. The van der Waals surface area contributed by atoms with E-state index in [2.05, 4.69) is 15.5 Å². The Balaban J connectivity index is 1.40. The summed E-state index contributed by atoms with van der Waals surface area (Å²) >= 11 is 0. The normalized spacial score (nSPS) is 23.7. The van der Waals surface area contributed by atoms with E-state index in [0.717, 1.165) is 11.3 Å². The van der Waals surface area contributed by atoms with Gasteiger partial charge in [-0.1, -0.05) is 49.3 Å². The van der Waals surface area contributed by atoms with Crippen molar-refractivity contribution in [3.8, 4) is 11.3 Å². The largest absolute Gasteiger partial charge is 0.391 e. The van der Waals surface area contributed by atoms with E-state index in [4.69, 9.17) is 4.52 Å². The van der Waals surface area contributed by atoms with Crippen molar-refractivity contribution in [2.24, 2.45) is 18.0 Å². The maximum absolute atomic E-state index is 13.8. The number of carbonyl (C=O) groups excluding carboxylic acids is 2. The first kappa shape index (κ1) is 26.6. The average Bonchev–Trinajstić information content (AvgIpc) is 3.58. The smallest absolute Gasteiger partial charge is 0.277 e. The Morgan fingerprint density at radius 1 is 1.18 bits per heavy atom. The highest BCUT2D eigenvalue weighted by Crippen LogP contribution is 2.34. The summed E-state index contributed by atoms with van der Waals surface area (Å²) in [4.78, 5) is 45.0. The van der Waals surface area contributed by atoms with E-state index in [0.29, 0.717) is 22.9 Å². The molecule has 2 aliphatic rings. The van der Waals surface area contributed by atoms with Crippen LogP contribution in [0.1, 0.15) is 50.1 Å². The average molecular weight is 532 g/mol. The van der Waals surface area contributed by atoms with Gasteiger partial charge in [0, 0.05) is 32.1 Å². The zero-order chi connectivity index (χ0) is 28.1. The van der Waals surface area contributed by atoms with E-state index in [9.17, 15) is 19.5 Å². The topological polar surface area (TPSA) is 130 Å². The van der Waals surface area contributed by atoms with Gasteiger partial charge >= 0.3 is 0 Å². The van der Waals surface area contributed by atoms with E-state index in [1.807, 2.05) is 44.2 Å². The lowest BCUT2D eigenvalue weighted by Crippen LogP contribution is -2.51. The fraction of sp³-hybridized carbons (Fsp3) is 0.414. The molecule has 1 fully saturated rings. The summed E-state index contributed by atoms with van der Waals surface area (Å²) in [5.74, 6) is -0.395. The fourth-order valence-corrected chi connectivity index (χ4v) is 5.50. The van der Waals surface area contributed by atoms with Crippen LogP contribution in [0.15, 0.2) is 62.8 Å². The number of aromatic nitrogens is 2. The van der Waals surface area contributed by atoms with E-state index in [-0.39, 0.29) is 36.3 Å². The number of amides is 2. The number of aliphatic hydroxyl groups is 1. The number of rotatable bonds is 6. The van der Waals surface area contributed by atoms with Gasteiger partial charge in [-0.05, 0) is 37.0 Å². The van der Waals surface area contributed by atoms with E-state index < -0.39 is 23.6 Å². The SMILES string of the molecule is Cc1cc([C@H](C(=O)N2C[C@H](O)C[C@@H]2C2=NC(=O)[C@](C)(c3ccc(-c4cccc(=O)n4C)cc3)N2)C(C)C)on1. The molecule has 4 atom stereocenters. The van der Waals surface area contributed by atoms with Crippen molar-refractivity contribution in [3.63, 3.8) is 0 Å². The number of hydrogen-bond acceptors (Lipinski definition) is 7. The van der Waals surface area contributed by atoms with Crippen LogP contribution in [0, 0.1) is 12.8 Å². The van der Waals surface area contributed by atoms with Gasteiger partial charge in [0.25, 0.3) is 11.5 Å². The van der Waals surface area contributed by atoms with Gasteiger partial charge < -0.3 is 24.4 Å². The lowest BCUT2D eigenvalue weighted by Gasteiger charge is -2.31. The molecule has 0 spiro atoms. The molecule has 204 valence electrons. The third-order valence-electron chi connectivity index (χ3n) is 7.73. The van der Waals surface area contributed by atoms with E-state index in [1.54, 1.807) is 42.5 Å². The number of hydrogen-bond donors (Lipinski definition) is 2. The number of nitrogens with one attached hydrogen (secondary N) is 1. The van der Waals surface area contributed by atoms with Crippen molar-refractivity contribution in [3.05, 3.63) is 75.9 Å². The highest BCUT2D eigenvalue weighted by Gasteiger charge is 2.48. The molecule has 1 saturated heterocycles. The number of β-amino-alcohol motifs (C(OH)–C–C–N with tert-alkyl or cyclic N) is 1. The first-order valence-corrected chi connectivity index (χ1v) is 13.1. The minimum Gasteiger partial charge on any atom is -0.391 e. The molecule has 0 aliphatic carbocycles. The van der Waals surface area contributed by atoms with Crippen molar-refractivity contribution in [1.29, 1.82) is 0 Å². The number of aliphatic imine (C=N–C) groups is 1. The Morgan fingerprint density at radius 2 is 1.90 bits per heavy atom. The first-order chi connectivity index (χ1) is 18.5. The number of benzene rings is 1. The number of aryl methyl sites for hydroxylation is 1. The Hall–Kier alpha value is -4.05. The molecule has 4 heterocycles. The Kier molecular flexibility index (Phi) is 6.76. The van der Waals surface area contributed by atoms with Gasteiger partial charge in [-0.2, -0.15) is 4.99 Å². The lowest BCUT2D eigenvalue weighted by atomic mass is 9.90. The summed E-state index contributed by atoms with van der Waals surface area (Å²) in [6.07, 6.45) is -0.478. The van der Waals surface area contributed by atoms with Gasteiger partial charge in [-0.15, -0.1) is 0 Å². The summed E-state index contributed by atoms with van der Waals surface area (Å²) in [5.41, 5.74) is 1.74. The van der Waals surface area contributed by atoms with Crippen LogP contribution < -0.4 is 10.9 Å². The second kappa shape index (κ2) is 9.92. The Labute approximate surface area is 226 Å². The van der Waals surface area contributed by atoms with Crippen LogP contribution in [0.3, 0.4) is 0 Å². The van der Waals surface area contributed by atoms with E-state index >= 15 is 0 Å². The molecule has 3 aromatic rings. The summed E-state index contributed by atoms with van der Waals surface area (Å²) < 4.78 is 7.01. The van der Waals surface area contributed by atoms with Crippen molar-refractivity contribution in [1.82, 2.24) is 19.9 Å². The highest BCUT2D eigenvalue weighted by atomic mass is 16.5. The van der Waals surface area contributed by atoms with Crippen LogP contribution in [0.4, 0.5) is 0 Å². The molecule has 39 heavy (non-hydrogen) atoms. The van der Waals surface area contributed by atoms with Crippen LogP contribution in [0.25, 0.3) is 11.3 Å². The molecule has 0 radical (unpaired) electrons. The zero-order valence-electron chi connectivity index (χ0n) is 22.7. The third kappa shape index (κ3) is 4.69. The number of nitrogens with zero attached hydrogens (tertiary/aromatic N) is 4. The van der Waals surface area contributed by atoms with Gasteiger partial charge in [0.05, 0.1) is 23.5 Å². The van der Waals surface area contributed by atoms with Gasteiger partial charge in [-0.3, -0.25) is 14.4 Å². The summed E-state index contributed by atoms with van der Waals surface area (Å²) in [7, 11) is 1.71. The Bertz CT molecular complexity index is 1500. The molecule has 0 saturated carbocycles. The fourth-order valence-electron chi connectivity index (χ4n) is 5.50.